The van der Waals surface area contributed by atoms with Gasteiger partial charge in [0.15, 0.2) is 0 Å². The van der Waals surface area contributed by atoms with Crippen molar-refractivity contribution in [3.63, 3.8) is 0 Å². The maximum absolute atomic E-state index is 5.95. The van der Waals surface area contributed by atoms with E-state index in [9.17, 15) is 0 Å². The number of halogens is 2. The molecule has 120 valence electrons. The molecule has 0 spiro atoms. The second-order valence-electron chi connectivity index (χ2n) is 6.08. The molecule has 0 radical (unpaired) electrons. The summed E-state index contributed by atoms with van der Waals surface area (Å²) in [5, 5.41) is 4.70. The molecule has 1 aromatic heterocycles. The summed E-state index contributed by atoms with van der Waals surface area (Å²) in [5.74, 6) is 0. The first kappa shape index (κ1) is 15.2. The zero-order valence-electron chi connectivity index (χ0n) is 13.1. The van der Waals surface area contributed by atoms with Crippen LogP contribution in [-0.4, -0.2) is 0 Å². The summed E-state index contributed by atoms with van der Waals surface area (Å²) in [7, 11) is 0. The molecule has 0 aliphatic carbocycles. The minimum absolute atomic E-state index is 0.915. The van der Waals surface area contributed by atoms with Gasteiger partial charge in [0.2, 0.25) is 0 Å². The molecule has 0 saturated heterocycles. The van der Waals surface area contributed by atoms with Gasteiger partial charge in [0, 0.05) is 25.3 Å². The van der Waals surface area contributed by atoms with Gasteiger partial charge in [-0.05, 0) is 56.5 Å². The Balaban J connectivity index is 1.83. The van der Waals surface area contributed by atoms with Crippen molar-refractivity contribution in [1.29, 1.82) is 0 Å². The van der Waals surface area contributed by atoms with Crippen LogP contribution in [0.4, 0.5) is 0 Å². The van der Waals surface area contributed by atoms with E-state index in [-0.39, 0.29) is 0 Å². The molecule has 0 amide bonds. The maximum atomic E-state index is 5.95. The number of para-hydroxylation sites is 1. The first-order valence-corrected chi connectivity index (χ1v) is 9.59. The zero-order valence-corrected chi connectivity index (χ0v) is 16.3. The number of furan rings is 1. The highest BCUT2D eigenvalue weighted by Crippen LogP contribution is 2.42. The van der Waals surface area contributed by atoms with E-state index in [1.54, 1.807) is 0 Å². The van der Waals surface area contributed by atoms with E-state index in [2.05, 4.69) is 86.5 Å². The molecule has 1 heterocycles. The van der Waals surface area contributed by atoms with E-state index >= 15 is 0 Å². The topological polar surface area (TPSA) is 13.1 Å². The molecule has 3 heteroatoms. The Labute approximate surface area is 161 Å². The van der Waals surface area contributed by atoms with Crippen LogP contribution in [0.3, 0.4) is 0 Å². The highest BCUT2D eigenvalue weighted by molar-refractivity contribution is 9.11. The molecule has 0 fully saturated rings. The molecule has 4 aromatic carbocycles. The Morgan fingerprint density at radius 1 is 0.640 bits per heavy atom. The summed E-state index contributed by atoms with van der Waals surface area (Å²) < 4.78 is 8.13. The number of hydrogen-bond acceptors (Lipinski definition) is 1. The quantitative estimate of drug-likeness (QED) is 0.252. The summed E-state index contributed by atoms with van der Waals surface area (Å²) in [4.78, 5) is 0. The largest absolute Gasteiger partial charge is 0.456 e. The Kier molecular flexibility index (Phi) is 3.47. The van der Waals surface area contributed by atoms with Crippen LogP contribution in [0.25, 0.3) is 43.8 Å². The van der Waals surface area contributed by atoms with Gasteiger partial charge < -0.3 is 4.42 Å². The molecule has 5 rings (SSSR count). The molecule has 0 bridgehead atoms. The second kappa shape index (κ2) is 5.72. The molecule has 0 aliphatic rings. The predicted octanol–water partition coefficient (Wildman–Crippen LogP) is 7.93. The van der Waals surface area contributed by atoms with E-state index < -0.39 is 0 Å². The van der Waals surface area contributed by atoms with Gasteiger partial charge in [0.1, 0.15) is 11.2 Å². The van der Waals surface area contributed by atoms with Crippen molar-refractivity contribution in [2.45, 2.75) is 0 Å². The Bertz CT molecular complexity index is 1270. The van der Waals surface area contributed by atoms with Crippen LogP contribution >= 0.6 is 31.9 Å². The monoisotopic (exact) mass is 450 g/mol. The van der Waals surface area contributed by atoms with Crippen LogP contribution < -0.4 is 0 Å². The van der Waals surface area contributed by atoms with Crippen LogP contribution in [0, 0.1) is 0 Å². The van der Waals surface area contributed by atoms with Gasteiger partial charge in [0.05, 0.1) is 0 Å². The minimum Gasteiger partial charge on any atom is -0.456 e. The van der Waals surface area contributed by atoms with Gasteiger partial charge in [0.25, 0.3) is 0 Å². The highest BCUT2D eigenvalue weighted by atomic mass is 79.9. The van der Waals surface area contributed by atoms with Crippen LogP contribution in [0.2, 0.25) is 0 Å². The van der Waals surface area contributed by atoms with Gasteiger partial charge in [-0.2, -0.15) is 0 Å². The maximum Gasteiger partial charge on any atom is 0.135 e. The molecule has 0 atom stereocenters. The molecule has 0 unspecified atom stereocenters. The van der Waals surface area contributed by atoms with E-state index in [4.69, 9.17) is 4.42 Å². The van der Waals surface area contributed by atoms with Crippen LogP contribution in [-0.2, 0) is 0 Å². The molecule has 1 nitrogen and oxygen atoms in total. The van der Waals surface area contributed by atoms with Gasteiger partial charge in [-0.15, -0.1) is 0 Å². The highest BCUT2D eigenvalue weighted by Gasteiger charge is 2.14. The molecule has 0 saturated carbocycles. The van der Waals surface area contributed by atoms with E-state index in [0.717, 1.165) is 42.0 Å². The molecular formula is C22H12Br2O. The first-order chi connectivity index (χ1) is 12.2. The van der Waals surface area contributed by atoms with Crippen molar-refractivity contribution in [2.75, 3.05) is 0 Å². The lowest BCUT2D eigenvalue weighted by atomic mass is 9.99. The summed E-state index contributed by atoms with van der Waals surface area (Å²) >= 11 is 7.58. The smallest absolute Gasteiger partial charge is 0.135 e. The SMILES string of the molecule is Brc1cc2ccccc2c(Br)c1-c1ccc2oc3ccccc3c2c1. The summed E-state index contributed by atoms with van der Waals surface area (Å²) in [5.41, 5.74) is 4.15. The number of rotatable bonds is 1. The third-order valence-corrected chi connectivity index (χ3v) is 6.05. The van der Waals surface area contributed by atoms with Gasteiger partial charge in [-0.3, -0.25) is 0 Å². The summed E-state index contributed by atoms with van der Waals surface area (Å²) in [6, 6.07) is 25.1. The fourth-order valence-electron chi connectivity index (χ4n) is 3.42. The van der Waals surface area contributed by atoms with Crippen molar-refractivity contribution in [3.05, 3.63) is 81.7 Å². The van der Waals surface area contributed by atoms with Gasteiger partial charge in [-0.1, -0.05) is 64.5 Å². The standard InChI is InChI=1S/C22H12Br2O/c23-18-12-13-5-1-2-6-15(13)22(24)21(18)14-9-10-20-17(11-14)16-7-3-4-8-19(16)25-20/h1-12H. The number of hydrogen-bond donors (Lipinski definition) is 0. The average molecular weight is 452 g/mol. The molecular weight excluding hydrogens is 440 g/mol. The average Bonchev–Trinajstić information content (AvgIpc) is 3.00. The van der Waals surface area contributed by atoms with Gasteiger partial charge in [-0.25, -0.2) is 0 Å². The molecule has 5 aromatic rings. The van der Waals surface area contributed by atoms with Crippen LogP contribution in [0.15, 0.2) is 86.2 Å². The zero-order chi connectivity index (χ0) is 17.0. The Morgan fingerprint density at radius 3 is 2.24 bits per heavy atom. The molecule has 0 N–H and O–H groups in total. The van der Waals surface area contributed by atoms with E-state index in [0.29, 0.717) is 0 Å². The lowest BCUT2D eigenvalue weighted by Crippen LogP contribution is -1.85. The number of benzene rings is 4. The molecule has 25 heavy (non-hydrogen) atoms. The van der Waals surface area contributed by atoms with Crippen molar-refractivity contribution < 1.29 is 4.42 Å². The lowest BCUT2D eigenvalue weighted by molar-refractivity contribution is 0.669. The third-order valence-electron chi connectivity index (χ3n) is 4.60. The fraction of sp³-hybridized carbons (Fsp3) is 0. The Morgan fingerprint density at radius 2 is 1.36 bits per heavy atom. The summed E-state index contributed by atoms with van der Waals surface area (Å²) in [6.07, 6.45) is 0. The second-order valence-corrected chi connectivity index (χ2v) is 7.73. The molecule has 0 aliphatic heterocycles. The van der Waals surface area contributed by atoms with Crippen molar-refractivity contribution in [2.24, 2.45) is 0 Å². The first-order valence-electron chi connectivity index (χ1n) is 8.01. The fourth-order valence-corrected chi connectivity index (χ4v) is 5.16. The van der Waals surface area contributed by atoms with Crippen molar-refractivity contribution >= 4 is 64.6 Å². The van der Waals surface area contributed by atoms with Crippen LogP contribution in [0.5, 0.6) is 0 Å². The Hall–Kier alpha value is -2.10. The summed E-state index contributed by atoms with van der Waals surface area (Å²) in [6.45, 7) is 0. The van der Waals surface area contributed by atoms with Crippen molar-refractivity contribution in [3.8, 4) is 11.1 Å². The van der Waals surface area contributed by atoms with Crippen LogP contribution in [0.1, 0.15) is 0 Å². The normalized spacial score (nSPS) is 11.6. The van der Waals surface area contributed by atoms with Gasteiger partial charge >= 0.3 is 0 Å². The third kappa shape index (κ3) is 2.34. The van der Waals surface area contributed by atoms with E-state index in [1.165, 1.54) is 10.8 Å². The minimum atomic E-state index is 0.915. The van der Waals surface area contributed by atoms with E-state index in [1.807, 2.05) is 18.2 Å². The van der Waals surface area contributed by atoms with Crippen molar-refractivity contribution in [1.82, 2.24) is 0 Å². The number of fused-ring (bicyclic) bond motifs is 4. The predicted molar refractivity (Wildman–Crippen MR) is 112 cm³/mol. The lowest BCUT2D eigenvalue weighted by Gasteiger charge is -2.11.